The van der Waals surface area contributed by atoms with Gasteiger partial charge in [-0.05, 0) is 45.5 Å². The molecule has 0 amide bonds. The molecule has 4 N–H and O–H groups in total. The zero-order valence-electron chi connectivity index (χ0n) is 25.0. The third-order valence-electron chi connectivity index (χ3n) is 8.66. The van der Waals surface area contributed by atoms with Gasteiger partial charge in [0.25, 0.3) is 0 Å². The molecule has 0 aromatic heterocycles. The number of hydrogen-bond acceptors (Lipinski definition) is 6. The van der Waals surface area contributed by atoms with Crippen molar-refractivity contribution in [3.63, 3.8) is 0 Å². The van der Waals surface area contributed by atoms with Crippen molar-refractivity contribution in [2.45, 2.75) is 51.2 Å². The fraction of sp³-hybridized carbons (Fsp3) is 0.278. The fourth-order valence-electron chi connectivity index (χ4n) is 6.58. The van der Waals surface area contributed by atoms with Crippen molar-refractivity contribution < 1.29 is 30.0 Å². The zero-order valence-corrected chi connectivity index (χ0v) is 26.5. The number of carbonyl (C=O) groups is 2. The summed E-state index contributed by atoms with van der Waals surface area (Å²) in [5, 5.41) is 39.3. The minimum Gasteiger partial charge on any atom is -0.481 e. The molecule has 10 heteroatoms. The highest BCUT2D eigenvalue weighted by atomic mass is 35.5. The Morgan fingerprint density at radius 1 is 0.587 bits per heavy atom. The summed E-state index contributed by atoms with van der Waals surface area (Å²) in [6.07, 6.45) is -2.41. The molecular weight excluding hydrogens is 627 g/mol. The Labute approximate surface area is 277 Å². The first kappa shape index (κ1) is 32.2. The number of rotatable bonds is 11. The first-order chi connectivity index (χ1) is 22.0. The molecule has 0 spiro atoms. The van der Waals surface area contributed by atoms with Crippen LogP contribution < -0.4 is 0 Å². The highest BCUT2D eigenvalue weighted by molar-refractivity contribution is 6.39. The summed E-state index contributed by atoms with van der Waals surface area (Å²) in [5.74, 6) is -2.03. The maximum atomic E-state index is 11.0. The summed E-state index contributed by atoms with van der Waals surface area (Å²) < 4.78 is 0. The van der Waals surface area contributed by atoms with Crippen LogP contribution in [-0.4, -0.2) is 67.5 Å². The monoisotopic (exact) mass is 660 g/mol. The lowest BCUT2D eigenvalue weighted by Gasteiger charge is -2.18. The van der Waals surface area contributed by atoms with Crippen LogP contribution in [0.15, 0.2) is 72.8 Å². The highest BCUT2D eigenvalue weighted by Gasteiger charge is 2.25. The molecule has 4 aromatic carbocycles. The minimum absolute atomic E-state index is 0.281. The number of benzene rings is 4. The maximum absolute atomic E-state index is 11.0. The summed E-state index contributed by atoms with van der Waals surface area (Å²) in [6.45, 7) is 3.12. The number of aliphatic carboxylic acids is 2. The van der Waals surface area contributed by atoms with E-state index < -0.39 is 24.1 Å². The average molecular weight is 662 g/mol. The third-order valence-corrected chi connectivity index (χ3v) is 9.47. The number of halogens is 2. The number of nitrogens with zero attached hydrogens (tertiary/aromatic N) is 2. The van der Waals surface area contributed by atoms with E-state index in [-0.39, 0.29) is 12.8 Å². The second-order valence-electron chi connectivity index (χ2n) is 12.1. The summed E-state index contributed by atoms with van der Waals surface area (Å²) >= 11 is 14.2. The van der Waals surface area contributed by atoms with E-state index in [0.29, 0.717) is 49.3 Å². The van der Waals surface area contributed by atoms with Gasteiger partial charge in [-0.25, -0.2) is 0 Å². The van der Waals surface area contributed by atoms with E-state index in [1.54, 1.807) is 0 Å². The van der Waals surface area contributed by atoms with Gasteiger partial charge in [-0.1, -0.05) is 83.9 Å². The smallest absolute Gasteiger partial charge is 0.306 e. The second kappa shape index (κ2) is 13.5. The van der Waals surface area contributed by atoms with E-state index in [1.165, 1.54) is 0 Å². The Bertz CT molecular complexity index is 1680. The van der Waals surface area contributed by atoms with Crippen LogP contribution in [0.2, 0.25) is 10.0 Å². The Kier molecular flexibility index (Phi) is 9.47. The lowest BCUT2D eigenvalue weighted by molar-refractivity contribution is -0.140. The molecule has 238 valence electrons. The average Bonchev–Trinajstić information content (AvgIpc) is 3.58. The van der Waals surface area contributed by atoms with E-state index in [0.717, 1.165) is 55.6 Å². The van der Waals surface area contributed by atoms with Gasteiger partial charge in [-0.3, -0.25) is 19.4 Å². The van der Waals surface area contributed by atoms with Gasteiger partial charge >= 0.3 is 11.9 Å². The van der Waals surface area contributed by atoms with Crippen molar-refractivity contribution in [2.24, 2.45) is 0 Å². The van der Waals surface area contributed by atoms with Gasteiger partial charge in [0.2, 0.25) is 0 Å². The van der Waals surface area contributed by atoms with Crippen LogP contribution in [-0.2, 0) is 35.8 Å². The van der Waals surface area contributed by atoms with Gasteiger partial charge in [0.15, 0.2) is 0 Å². The van der Waals surface area contributed by atoms with Crippen LogP contribution in [0.5, 0.6) is 0 Å². The number of β-amino-alcohol motifs (C(OH)–C–C–N with tert-alkyl or cyclic N) is 2. The number of carboxylic acids is 2. The van der Waals surface area contributed by atoms with Gasteiger partial charge in [0.1, 0.15) is 0 Å². The molecule has 46 heavy (non-hydrogen) atoms. The van der Waals surface area contributed by atoms with Crippen molar-refractivity contribution in [3.8, 4) is 33.4 Å². The third kappa shape index (κ3) is 6.98. The van der Waals surface area contributed by atoms with Gasteiger partial charge < -0.3 is 20.4 Å². The van der Waals surface area contributed by atoms with E-state index >= 15 is 0 Å². The predicted molar refractivity (Wildman–Crippen MR) is 178 cm³/mol. The SMILES string of the molecule is O=C(O)C[C@H](O)CN1Cc2ccc(-c3cccc(-c4cccc(-c5ccc6c(c5)CN(C[C@@H](O)CC(=O)O)C6)c4Cl)c3Cl)cc2C1. The van der Waals surface area contributed by atoms with Gasteiger partial charge in [0.05, 0.1) is 35.1 Å². The predicted octanol–water partition coefficient (Wildman–Crippen LogP) is 6.30. The van der Waals surface area contributed by atoms with E-state index in [4.69, 9.17) is 33.4 Å². The van der Waals surface area contributed by atoms with Crippen LogP contribution >= 0.6 is 23.2 Å². The van der Waals surface area contributed by atoms with Crippen molar-refractivity contribution in [3.05, 3.63) is 105 Å². The summed E-state index contributed by atoms with van der Waals surface area (Å²) in [4.78, 5) is 26.0. The van der Waals surface area contributed by atoms with Crippen molar-refractivity contribution in [1.82, 2.24) is 9.80 Å². The molecule has 2 heterocycles. The minimum atomic E-state index is -1.02. The Morgan fingerprint density at radius 2 is 0.957 bits per heavy atom. The molecule has 2 aliphatic rings. The number of carboxylic acid groups (broad SMARTS) is 2. The lowest BCUT2D eigenvalue weighted by atomic mass is 9.94. The summed E-state index contributed by atoms with van der Waals surface area (Å²) in [7, 11) is 0. The van der Waals surface area contributed by atoms with E-state index in [2.05, 4.69) is 24.3 Å². The van der Waals surface area contributed by atoms with E-state index in [1.807, 2.05) is 58.3 Å². The standard InChI is InChI=1S/C36H34Cl2N2O6/c37-35-29(21-7-9-23-15-39(17-25(23)11-21)19-27(41)13-33(43)44)3-1-5-31(35)32-6-2-4-30(36(32)38)22-8-10-24-16-40(18-26(24)12-22)20-28(42)14-34(45)46/h1-12,27-28,41-42H,13-20H2,(H,43,44)(H,45,46)/t27-,28-/m0/s1. The summed E-state index contributed by atoms with van der Waals surface area (Å²) in [6, 6.07) is 24.2. The normalized spacial score (nSPS) is 15.8. The summed E-state index contributed by atoms with van der Waals surface area (Å²) in [5.41, 5.74) is 9.80. The molecule has 0 aliphatic carbocycles. The van der Waals surface area contributed by atoms with Crippen LogP contribution in [0.4, 0.5) is 0 Å². The largest absolute Gasteiger partial charge is 0.481 e. The number of fused-ring (bicyclic) bond motifs is 2. The van der Waals surface area contributed by atoms with Gasteiger partial charge in [-0.15, -0.1) is 0 Å². The fourth-order valence-corrected chi connectivity index (χ4v) is 7.25. The molecule has 0 fully saturated rings. The van der Waals surface area contributed by atoms with Crippen molar-refractivity contribution in [1.29, 1.82) is 0 Å². The maximum Gasteiger partial charge on any atom is 0.306 e. The number of aliphatic hydroxyl groups is 2. The van der Waals surface area contributed by atoms with Crippen LogP contribution in [0.1, 0.15) is 35.1 Å². The van der Waals surface area contributed by atoms with Crippen molar-refractivity contribution in [2.75, 3.05) is 13.1 Å². The highest BCUT2D eigenvalue weighted by Crippen LogP contribution is 2.43. The number of aliphatic hydroxyl groups excluding tert-OH is 2. The zero-order chi connectivity index (χ0) is 32.5. The van der Waals surface area contributed by atoms with Gasteiger partial charge in [0, 0.05) is 61.5 Å². The number of hydrogen-bond donors (Lipinski definition) is 4. The molecule has 2 aliphatic heterocycles. The Balaban J connectivity index is 1.23. The van der Waals surface area contributed by atoms with E-state index in [9.17, 15) is 19.8 Å². The van der Waals surface area contributed by atoms with Crippen LogP contribution in [0.25, 0.3) is 33.4 Å². The molecule has 0 saturated heterocycles. The molecule has 2 atom stereocenters. The van der Waals surface area contributed by atoms with Crippen LogP contribution in [0.3, 0.4) is 0 Å². The molecule has 0 unspecified atom stereocenters. The molecule has 0 bridgehead atoms. The second-order valence-corrected chi connectivity index (χ2v) is 12.9. The Hall–Kier alpha value is -3.76. The molecule has 8 nitrogen and oxygen atoms in total. The molecule has 0 saturated carbocycles. The lowest BCUT2D eigenvalue weighted by Crippen LogP contribution is -2.29. The quantitative estimate of drug-likeness (QED) is 0.148. The molecule has 4 aromatic rings. The topological polar surface area (TPSA) is 122 Å². The first-order valence-corrected chi connectivity index (χ1v) is 15.9. The molecule has 6 rings (SSSR count). The van der Waals surface area contributed by atoms with Gasteiger partial charge in [-0.2, -0.15) is 0 Å². The Morgan fingerprint density at radius 3 is 1.35 bits per heavy atom. The molecular formula is C36H34Cl2N2O6. The van der Waals surface area contributed by atoms with Crippen LogP contribution in [0, 0.1) is 0 Å². The first-order valence-electron chi connectivity index (χ1n) is 15.1. The molecule has 0 radical (unpaired) electrons. The van der Waals surface area contributed by atoms with Crippen molar-refractivity contribution >= 4 is 35.1 Å².